The quantitative estimate of drug-likeness (QED) is 0.550. The van der Waals surface area contributed by atoms with Crippen molar-refractivity contribution in [3.05, 3.63) is 75.5 Å². The van der Waals surface area contributed by atoms with Gasteiger partial charge >= 0.3 is 0 Å². The van der Waals surface area contributed by atoms with E-state index in [1.165, 1.54) is 5.56 Å². The van der Waals surface area contributed by atoms with Crippen molar-refractivity contribution in [3.8, 4) is 12.1 Å². The number of anilines is 4. The van der Waals surface area contributed by atoms with Crippen molar-refractivity contribution in [2.45, 2.75) is 34.1 Å². The third-order valence-corrected chi connectivity index (χ3v) is 5.65. The summed E-state index contributed by atoms with van der Waals surface area (Å²) < 4.78 is 0. The SMILES string of the molecule is C/C(C#N)=C\c1cc(C)c(N2CCc3c(C)nc(Nc4ccc(C#N)cc4)nc32)c(C)c1. The molecule has 0 amide bonds. The number of rotatable bonds is 4. The molecule has 1 aliphatic rings. The third kappa shape index (κ3) is 4.04. The van der Waals surface area contributed by atoms with Gasteiger partial charge in [-0.25, -0.2) is 4.98 Å². The maximum Gasteiger partial charge on any atom is 0.229 e. The molecule has 0 aliphatic carbocycles. The zero-order valence-corrected chi connectivity index (χ0v) is 18.7. The average Bonchev–Trinajstić information content (AvgIpc) is 3.18. The van der Waals surface area contributed by atoms with E-state index in [9.17, 15) is 0 Å². The number of nitriles is 2. The fraction of sp³-hybridized carbons (Fsp3) is 0.231. The van der Waals surface area contributed by atoms with Crippen molar-refractivity contribution in [3.63, 3.8) is 0 Å². The van der Waals surface area contributed by atoms with Crippen LogP contribution in [0.15, 0.2) is 42.0 Å². The Bertz CT molecular complexity index is 1280. The molecule has 0 fully saturated rings. The van der Waals surface area contributed by atoms with Gasteiger partial charge < -0.3 is 10.2 Å². The summed E-state index contributed by atoms with van der Waals surface area (Å²) in [6.45, 7) is 8.88. The summed E-state index contributed by atoms with van der Waals surface area (Å²) in [4.78, 5) is 11.8. The van der Waals surface area contributed by atoms with E-state index >= 15 is 0 Å². The van der Waals surface area contributed by atoms with Gasteiger partial charge in [-0.05, 0) is 93.3 Å². The molecule has 1 aliphatic heterocycles. The monoisotopic (exact) mass is 420 g/mol. The molecule has 1 N–H and O–H groups in total. The molecule has 2 heterocycles. The molecule has 1 aromatic heterocycles. The van der Waals surface area contributed by atoms with E-state index < -0.39 is 0 Å². The normalized spacial score (nSPS) is 12.8. The number of aromatic nitrogens is 2. The minimum absolute atomic E-state index is 0.539. The van der Waals surface area contributed by atoms with Crippen LogP contribution in [0.5, 0.6) is 0 Å². The maximum absolute atomic E-state index is 9.09. The third-order valence-electron chi connectivity index (χ3n) is 5.65. The van der Waals surface area contributed by atoms with E-state index in [4.69, 9.17) is 15.5 Å². The van der Waals surface area contributed by atoms with Crippen molar-refractivity contribution in [2.75, 3.05) is 16.8 Å². The Kier molecular flexibility index (Phi) is 5.62. The zero-order chi connectivity index (χ0) is 22.8. The molecule has 0 saturated carbocycles. The van der Waals surface area contributed by atoms with Gasteiger partial charge in [-0.1, -0.05) is 0 Å². The molecule has 0 radical (unpaired) electrons. The Morgan fingerprint density at radius 1 is 1.06 bits per heavy atom. The van der Waals surface area contributed by atoms with Crippen molar-refractivity contribution in [1.82, 2.24) is 9.97 Å². The Labute approximate surface area is 188 Å². The van der Waals surface area contributed by atoms with Gasteiger partial charge in [-0.3, -0.25) is 0 Å². The Balaban J connectivity index is 1.70. The molecule has 0 unspecified atom stereocenters. The number of nitrogens with one attached hydrogen (secondary N) is 1. The Morgan fingerprint density at radius 3 is 2.38 bits per heavy atom. The van der Waals surface area contributed by atoms with Crippen LogP contribution < -0.4 is 10.2 Å². The van der Waals surface area contributed by atoms with E-state index in [-0.39, 0.29) is 0 Å². The highest BCUT2D eigenvalue weighted by Crippen LogP contribution is 2.39. The Hall–Kier alpha value is -4.16. The number of benzene rings is 2. The summed E-state index contributed by atoms with van der Waals surface area (Å²) >= 11 is 0. The molecule has 32 heavy (non-hydrogen) atoms. The fourth-order valence-corrected chi connectivity index (χ4v) is 4.24. The number of nitrogens with zero attached hydrogens (tertiary/aromatic N) is 5. The minimum Gasteiger partial charge on any atom is -0.325 e. The molecule has 0 spiro atoms. The van der Waals surface area contributed by atoms with Gasteiger partial charge in [0.15, 0.2) is 0 Å². The number of hydrogen-bond donors (Lipinski definition) is 1. The maximum atomic E-state index is 9.09. The molecule has 158 valence electrons. The largest absolute Gasteiger partial charge is 0.325 e. The number of hydrogen-bond acceptors (Lipinski definition) is 6. The first-order valence-electron chi connectivity index (χ1n) is 10.5. The van der Waals surface area contributed by atoms with Crippen molar-refractivity contribution >= 4 is 29.2 Å². The van der Waals surface area contributed by atoms with Crippen LogP contribution in [0.4, 0.5) is 23.1 Å². The molecule has 0 bridgehead atoms. The second-order valence-electron chi connectivity index (χ2n) is 8.09. The first-order valence-corrected chi connectivity index (χ1v) is 10.5. The van der Waals surface area contributed by atoms with Crippen LogP contribution in [-0.2, 0) is 6.42 Å². The predicted molar refractivity (Wildman–Crippen MR) is 127 cm³/mol. The van der Waals surface area contributed by atoms with Gasteiger partial charge in [0.1, 0.15) is 5.82 Å². The van der Waals surface area contributed by atoms with Crippen LogP contribution in [0, 0.1) is 43.4 Å². The molecule has 0 saturated heterocycles. The summed E-state index contributed by atoms with van der Waals surface area (Å²) in [6, 6.07) is 15.8. The van der Waals surface area contributed by atoms with Crippen LogP contribution in [0.3, 0.4) is 0 Å². The lowest BCUT2D eigenvalue weighted by molar-refractivity contribution is 0.975. The van der Waals surface area contributed by atoms with Crippen molar-refractivity contribution in [2.24, 2.45) is 0 Å². The van der Waals surface area contributed by atoms with Gasteiger partial charge in [0.25, 0.3) is 0 Å². The van der Waals surface area contributed by atoms with Crippen LogP contribution in [0.2, 0.25) is 0 Å². The highest BCUT2D eigenvalue weighted by molar-refractivity contribution is 5.75. The first-order chi connectivity index (χ1) is 15.4. The van der Waals surface area contributed by atoms with E-state index in [0.29, 0.717) is 17.1 Å². The van der Waals surface area contributed by atoms with E-state index in [2.05, 4.69) is 53.3 Å². The van der Waals surface area contributed by atoms with E-state index in [1.807, 2.05) is 32.1 Å². The average molecular weight is 421 g/mol. The molecule has 2 aromatic carbocycles. The van der Waals surface area contributed by atoms with Crippen molar-refractivity contribution < 1.29 is 0 Å². The summed E-state index contributed by atoms with van der Waals surface area (Å²) in [7, 11) is 0. The van der Waals surface area contributed by atoms with Crippen LogP contribution in [-0.4, -0.2) is 16.5 Å². The van der Waals surface area contributed by atoms with Crippen LogP contribution in [0.25, 0.3) is 6.08 Å². The number of fused-ring (bicyclic) bond motifs is 1. The number of aryl methyl sites for hydroxylation is 3. The first kappa shape index (κ1) is 21.1. The lowest BCUT2D eigenvalue weighted by Crippen LogP contribution is -2.17. The Morgan fingerprint density at radius 2 is 1.75 bits per heavy atom. The van der Waals surface area contributed by atoms with Gasteiger partial charge in [0.2, 0.25) is 5.95 Å². The lowest BCUT2D eigenvalue weighted by atomic mass is 10.0. The molecular weight excluding hydrogens is 396 g/mol. The lowest BCUT2D eigenvalue weighted by Gasteiger charge is -2.24. The highest BCUT2D eigenvalue weighted by Gasteiger charge is 2.27. The molecule has 0 atom stereocenters. The van der Waals surface area contributed by atoms with Gasteiger partial charge in [-0.15, -0.1) is 0 Å². The zero-order valence-electron chi connectivity index (χ0n) is 18.7. The van der Waals surface area contributed by atoms with Gasteiger partial charge in [-0.2, -0.15) is 15.5 Å². The second-order valence-corrected chi connectivity index (χ2v) is 8.09. The van der Waals surface area contributed by atoms with E-state index in [1.54, 1.807) is 12.1 Å². The molecule has 6 nitrogen and oxygen atoms in total. The fourth-order valence-electron chi connectivity index (χ4n) is 4.24. The van der Waals surface area contributed by atoms with Crippen molar-refractivity contribution in [1.29, 1.82) is 10.5 Å². The molecule has 6 heteroatoms. The van der Waals surface area contributed by atoms with E-state index in [0.717, 1.165) is 52.5 Å². The summed E-state index contributed by atoms with van der Waals surface area (Å²) in [5, 5.41) is 21.4. The molecular formula is C26H24N6. The van der Waals surface area contributed by atoms with Gasteiger partial charge in [0, 0.05) is 34.8 Å². The molecule has 4 rings (SSSR count). The highest BCUT2D eigenvalue weighted by atomic mass is 15.3. The predicted octanol–water partition coefficient (Wildman–Crippen LogP) is 5.64. The van der Waals surface area contributed by atoms with Crippen LogP contribution in [0.1, 0.15) is 40.4 Å². The summed E-state index contributed by atoms with van der Waals surface area (Å²) in [5.41, 5.74) is 8.74. The summed E-state index contributed by atoms with van der Waals surface area (Å²) in [5.74, 6) is 1.47. The second kappa shape index (κ2) is 8.53. The smallest absolute Gasteiger partial charge is 0.229 e. The van der Waals surface area contributed by atoms with Crippen LogP contribution >= 0.6 is 0 Å². The molecule has 3 aromatic rings. The topological polar surface area (TPSA) is 88.6 Å². The minimum atomic E-state index is 0.539. The standard InChI is InChI=1S/C26H24N6/c1-16(14-27)11-21-12-17(2)24(18(3)13-21)32-10-9-23-19(4)29-26(31-25(23)32)30-22-7-5-20(15-28)6-8-22/h5-8,11-13H,9-10H2,1-4H3,(H,29,30,31)/b16-11+. The van der Waals surface area contributed by atoms with Gasteiger partial charge in [0.05, 0.1) is 17.7 Å². The summed E-state index contributed by atoms with van der Waals surface area (Å²) in [6.07, 6.45) is 2.81. The number of allylic oxidation sites excluding steroid dienone is 1.